The number of rotatable bonds is 5. The molecule has 0 aliphatic heterocycles. The van der Waals surface area contributed by atoms with Gasteiger partial charge in [0, 0.05) is 6.42 Å². The van der Waals surface area contributed by atoms with Crippen LogP contribution in [0.15, 0.2) is 18.2 Å². The fraction of sp³-hybridized carbons (Fsp3) is 0.500. The Morgan fingerprint density at radius 1 is 1.24 bits per heavy atom. The lowest BCUT2D eigenvalue weighted by Gasteiger charge is -2.22. The van der Waals surface area contributed by atoms with E-state index in [-0.39, 0.29) is 6.42 Å². The second-order valence-corrected chi connectivity index (χ2v) is 4.02. The summed E-state index contributed by atoms with van der Waals surface area (Å²) in [6.07, 6.45) is -2.94. The largest absolute Gasteiger partial charge is 0.493 e. The standard InChI is InChI=1S/C12H16F2O3/c1-12(15,11(13)14)7-8-4-5-9(16-2)10(6-8)17-3/h4-6,11,15H,7H2,1-3H3. The summed E-state index contributed by atoms with van der Waals surface area (Å²) in [5.74, 6) is 0.975. The van der Waals surface area contributed by atoms with E-state index < -0.39 is 12.0 Å². The van der Waals surface area contributed by atoms with Crippen molar-refractivity contribution in [2.75, 3.05) is 14.2 Å². The van der Waals surface area contributed by atoms with Crippen LogP contribution in [0.5, 0.6) is 11.5 Å². The number of halogens is 2. The van der Waals surface area contributed by atoms with Crippen molar-refractivity contribution in [3.05, 3.63) is 23.8 Å². The molecular formula is C12H16F2O3. The van der Waals surface area contributed by atoms with Crippen molar-refractivity contribution < 1.29 is 23.4 Å². The van der Waals surface area contributed by atoms with E-state index >= 15 is 0 Å². The molecule has 0 bridgehead atoms. The highest BCUT2D eigenvalue weighted by atomic mass is 19.3. The summed E-state index contributed by atoms with van der Waals surface area (Å²) in [5, 5.41) is 9.51. The van der Waals surface area contributed by atoms with Crippen LogP contribution in [0.4, 0.5) is 8.78 Å². The maximum absolute atomic E-state index is 12.5. The van der Waals surface area contributed by atoms with Crippen LogP contribution in [-0.4, -0.2) is 31.4 Å². The molecule has 1 rings (SSSR count). The minimum absolute atomic E-state index is 0.148. The smallest absolute Gasteiger partial charge is 0.266 e. The molecule has 1 aromatic rings. The molecule has 0 fully saturated rings. The van der Waals surface area contributed by atoms with Gasteiger partial charge in [0.25, 0.3) is 6.43 Å². The monoisotopic (exact) mass is 246 g/mol. The number of ether oxygens (including phenoxy) is 2. The normalized spacial score (nSPS) is 14.5. The Bertz CT molecular complexity index is 378. The van der Waals surface area contributed by atoms with Gasteiger partial charge >= 0.3 is 0 Å². The van der Waals surface area contributed by atoms with Crippen LogP contribution in [-0.2, 0) is 6.42 Å². The van der Waals surface area contributed by atoms with Crippen molar-refractivity contribution in [2.45, 2.75) is 25.4 Å². The predicted molar refractivity (Wildman–Crippen MR) is 59.9 cm³/mol. The molecule has 0 saturated carbocycles. The van der Waals surface area contributed by atoms with Crippen LogP contribution in [0.1, 0.15) is 12.5 Å². The molecule has 1 N–H and O–H groups in total. The van der Waals surface area contributed by atoms with Gasteiger partial charge in [0.2, 0.25) is 0 Å². The predicted octanol–water partition coefficient (Wildman–Crippen LogP) is 2.26. The summed E-state index contributed by atoms with van der Waals surface area (Å²) < 4.78 is 35.1. The van der Waals surface area contributed by atoms with E-state index in [1.807, 2.05) is 0 Å². The Labute approximate surface area is 99.0 Å². The summed E-state index contributed by atoms with van der Waals surface area (Å²) >= 11 is 0. The maximum Gasteiger partial charge on any atom is 0.266 e. The highest BCUT2D eigenvalue weighted by molar-refractivity contribution is 5.43. The van der Waals surface area contributed by atoms with E-state index in [9.17, 15) is 13.9 Å². The molecule has 5 heteroatoms. The first kappa shape index (κ1) is 13.7. The first-order chi connectivity index (χ1) is 7.90. The van der Waals surface area contributed by atoms with Crippen LogP contribution >= 0.6 is 0 Å². The van der Waals surface area contributed by atoms with Crippen molar-refractivity contribution in [3.63, 3.8) is 0 Å². The number of alkyl halides is 2. The average Bonchev–Trinajstić information content (AvgIpc) is 2.28. The van der Waals surface area contributed by atoms with E-state index in [1.54, 1.807) is 18.2 Å². The number of hydrogen-bond acceptors (Lipinski definition) is 3. The van der Waals surface area contributed by atoms with Gasteiger partial charge in [0.05, 0.1) is 14.2 Å². The minimum Gasteiger partial charge on any atom is -0.493 e. The molecule has 0 heterocycles. The van der Waals surface area contributed by atoms with Crippen LogP contribution in [0.2, 0.25) is 0 Å². The Morgan fingerprint density at radius 3 is 2.29 bits per heavy atom. The third-order valence-electron chi connectivity index (χ3n) is 2.48. The average molecular weight is 246 g/mol. The molecule has 0 spiro atoms. The van der Waals surface area contributed by atoms with Gasteiger partial charge < -0.3 is 14.6 Å². The van der Waals surface area contributed by atoms with E-state index in [2.05, 4.69) is 0 Å². The molecular weight excluding hydrogens is 230 g/mol. The lowest BCUT2D eigenvalue weighted by molar-refractivity contribution is -0.0821. The van der Waals surface area contributed by atoms with E-state index in [4.69, 9.17) is 9.47 Å². The number of benzene rings is 1. The lowest BCUT2D eigenvalue weighted by atomic mass is 9.97. The zero-order valence-corrected chi connectivity index (χ0v) is 10.0. The molecule has 1 atom stereocenters. The van der Waals surface area contributed by atoms with Gasteiger partial charge in [-0.25, -0.2) is 8.78 Å². The lowest BCUT2D eigenvalue weighted by Crippen LogP contribution is -2.35. The Balaban J connectivity index is 2.93. The second-order valence-electron chi connectivity index (χ2n) is 4.02. The van der Waals surface area contributed by atoms with Crippen LogP contribution in [0.25, 0.3) is 0 Å². The topological polar surface area (TPSA) is 38.7 Å². The van der Waals surface area contributed by atoms with E-state index in [0.717, 1.165) is 6.92 Å². The van der Waals surface area contributed by atoms with Crippen LogP contribution in [0, 0.1) is 0 Å². The van der Waals surface area contributed by atoms with E-state index in [1.165, 1.54) is 14.2 Å². The van der Waals surface area contributed by atoms with Crippen molar-refractivity contribution in [3.8, 4) is 11.5 Å². The second kappa shape index (κ2) is 5.31. The van der Waals surface area contributed by atoms with Gasteiger partial charge in [-0.1, -0.05) is 6.07 Å². The van der Waals surface area contributed by atoms with Gasteiger partial charge in [-0.15, -0.1) is 0 Å². The number of methoxy groups -OCH3 is 2. The summed E-state index contributed by atoms with van der Waals surface area (Å²) in [7, 11) is 2.96. The Morgan fingerprint density at radius 2 is 1.82 bits per heavy atom. The van der Waals surface area contributed by atoms with Crippen molar-refractivity contribution >= 4 is 0 Å². The maximum atomic E-state index is 12.5. The van der Waals surface area contributed by atoms with Crippen molar-refractivity contribution in [1.29, 1.82) is 0 Å². The summed E-state index contributed by atoms with van der Waals surface area (Å²) in [5.41, 5.74) is -1.48. The van der Waals surface area contributed by atoms with Crippen LogP contribution < -0.4 is 9.47 Å². The first-order valence-corrected chi connectivity index (χ1v) is 5.12. The number of aliphatic hydroxyl groups is 1. The molecule has 1 aromatic carbocycles. The molecule has 96 valence electrons. The summed E-state index contributed by atoms with van der Waals surface area (Å²) in [6, 6.07) is 4.82. The zero-order chi connectivity index (χ0) is 13.1. The molecule has 0 aliphatic rings. The molecule has 0 amide bonds. The van der Waals surface area contributed by atoms with E-state index in [0.29, 0.717) is 17.1 Å². The molecule has 17 heavy (non-hydrogen) atoms. The van der Waals surface area contributed by atoms with Crippen LogP contribution in [0.3, 0.4) is 0 Å². The molecule has 0 aliphatic carbocycles. The quantitative estimate of drug-likeness (QED) is 0.866. The summed E-state index contributed by atoms with van der Waals surface area (Å²) in [4.78, 5) is 0. The first-order valence-electron chi connectivity index (χ1n) is 5.12. The number of hydrogen-bond donors (Lipinski definition) is 1. The SMILES string of the molecule is COc1ccc(CC(C)(O)C(F)F)cc1OC. The van der Waals surface area contributed by atoms with Gasteiger partial charge in [-0.2, -0.15) is 0 Å². The molecule has 0 aromatic heterocycles. The van der Waals surface area contributed by atoms with Crippen molar-refractivity contribution in [1.82, 2.24) is 0 Å². The van der Waals surface area contributed by atoms with Gasteiger partial charge in [0.15, 0.2) is 11.5 Å². The van der Waals surface area contributed by atoms with Crippen molar-refractivity contribution in [2.24, 2.45) is 0 Å². The Kier molecular flexibility index (Phi) is 4.28. The summed E-state index contributed by atoms with van der Waals surface area (Å²) in [6.45, 7) is 1.11. The van der Waals surface area contributed by atoms with Gasteiger partial charge in [-0.3, -0.25) is 0 Å². The molecule has 1 unspecified atom stereocenters. The molecule has 3 nitrogen and oxygen atoms in total. The fourth-order valence-corrected chi connectivity index (χ4v) is 1.48. The van der Waals surface area contributed by atoms with Gasteiger partial charge in [-0.05, 0) is 24.6 Å². The fourth-order valence-electron chi connectivity index (χ4n) is 1.48. The minimum atomic E-state index is -2.80. The molecule has 0 radical (unpaired) electrons. The zero-order valence-electron chi connectivity index (χ0n) is 10.0. The highest BCUT2D eigenvalue weighted by Gasteiger charge is 2.32. The third kappa shape index (κ3) is 3.30. The highest BCUT2D eigenvalue weighted by Crippen LogP contribution is 2.30. The Hall–Kier alpha value is -1.36. The molecule has 0 saturated heterocycles. The van der Waals surface area contributed by atoms with Gasteiger partial charge in [0.1, 0.15) is 5.60 Å². The third-order valence-corrected chi connectivity index (χ3v) is 2.48.